The summed E-state index contributed by atoms with van der Waals surface area (Å²) in [5.41, 5.74) is 4.82. The molecule has 0 saturated carbocycles. The van der Waals surface area contributed by atoms with Crippen LogP contribution >= 0.6 is 11.3 Å². The van der Waals surface area contributed by atoms with Crippen LogP contribution in [0.1, 0.15) is 16.5 Å². The standard InChI is InChI=1S/C10H10F3N3S/c11-10(12,13)7-5-15-16(6-7)8(4-14)9-2-1-3-17-9/h1-3,5-6,8H,4,14H2. The maximum absolute atomic E-state index is 12.4. The normalized spacial score (nSPS) is 13.9. The minimum Gasteiger partial charge on any atom is -0.328 e. The third-order valence-electron chi connectivity index (χ3n) is 2.34. The summed E-state index contributed by atoms with van der Waals surface area (Å²) in [7, 11) is 0. The van der Waals surface area contributed by atoms with E-state index in [2.05, 4.69) is 5.10 Å². The first kappa shape index (κ1) is 12.1. The maximum atomic E-state index is 12.4. The molecular formula is C10H10F3N3S. The lowest BCUT2D eigenvalue weighted by molar-refractivity contribution is -0.137. The number of halogens is 3. The van der Waals surface area contributed by atoms with Crippen molar-refractivity contribution < 1.29 is 13.2 Å². The highest BCUT2D eigenvalue weighted by Gasteiger charge is 2.32. The minimum atomic E-state index is -4.37. The van der Waals surface area contributed by atoms with E-state index in [-0.39, 0.29) is 12.6 Å². The van der Waals surface area contributed by atoms with Crippen molar-refractivity contribution >= 4 is 11.3 Å². The van der Waals surface area contributed by atoms with E-state index >= 15 is 0 Å². The largest absolute Gasteiger partial charge is 0.419 e. The van der Waals surface area contributed by atoms with Crippen molar-refractivity contribution in [3.8, 4) is 0 Å². The smallest absolute Gasteiger partial charge is 0.328 e. The summed E-state index contributed by atoms with van der Waals surface area (Å²) >= 11 is 1.45. The van der Waals surface area contributed by atoms with Crippen molar-refractivity contribution in [3.05, 3.63) is 40.3 Å². The average molecular weight is 261 g/mol. The van der Waals surface area contributed by atoms with Crippen molar-refractivity contribution in [3.63, 3.8) is 0 Å². The molecule has 2 aromatic rings. The molecule has 0 amide bonds. The van der Waals surface area contributed by atoms with Crippen LogP contribution in [-0.2, 0) is 6.18 Å². The van der Waals surface area contributed by atoms with Gasteiger partial charge in [0, 0.05) is 17.6 Å². The molecule has 0 aliphatic rings. The van der Waals surface area contributed by atoms with Crippen LogP contribution in [0, 0.1) is 0 Å². The first-order chi connectivity index (χ1) is 8.02. The van der Waals surface area contributed by atoms with Crippen LogP contribution in [0.25, 0.3) is 0 Å². The van der Waals surface area contributed by atoms with Crippen LogP contribution in [0.5, 0.6) is 0 Å². The lowest BCUT2D eigenvalue weighted by atomic mass is 10.2. The topological polar surface area (TPSA) is 43.8 Å². The summed E-state index contributed by atoms with van der Waals surface area (Å²) < 4.78 is 38.5. The Kier molecular flexibility index (Phi) is 3.21. The molecule has 0 aliphatic heterocycles. The van der Waals surface area contributed by atoms with E-state index in [9.17, 15) is 13.2 Å². The van der Waals surface area contributed by atoms with Gasteiger partial charge in [-0.3, -0.25) is 4.68 Å². The predicted octanol–water partition coefficient (Wildman–Crippen LogP) is 2.51. The van der Waals surface area contributed by atoms with E-state index in [1.54, 1.807) is 0 Å². The minimum absolute atomic E-state index is 0.208. The number of hydrogen-bond acceptors (Lipinski definition) is 3. The van der Waals surface area contributed by atoms with Gasteiger partial charge in [0.05, 0.1) is 17.8 Å². The molecule has 1 unspecified atom stereocenters. The van der Waals surface area contributed by atoms with Gasteiger partial charge in [0.2, 0.25) is 0 Å². The Morgan fingerprint density at radius 3 is 2.71 bits per heavy atom. The lowest BCUT2D eigenvalue weighted by Gasteiger charge is -2.13. The van der Waals surface area contributed by atoms with E-state index in [4.69, 9.17) is 5.73 Å². The average Bonchev–Trinajstić information content (AvgIpc) is 2.87. The Labute approximate surface area is 99.7 Å². The van der Waals surface area contributed by atoms with Crippen molar-refractivity contribution in [2.75, 3.05) is 6.54 Å². The molecule has 7 heteroatoms. The number of nitrogens with two attached hydrogens (primary N) is 1. The third kappa shape index (κ3) is 2.50. The van der Waals surface area contributed by atoms with Gasteiger partial charge in [-0.05, 0) is 11.4 Å². The van der Waals surface area contributed by atoms with Gasteiger partial charge in [0.1, 0.15) is 0 Å². The fraction of sp³-hybridized carbons (Fsp3) is 0.300. The molecule has 0 spiro atoms. The summed E-state index contributed by atoms with van der Waals surface area (Å²) in [6.45, 7) is 0.208. The number of rotatable bonds is 3. The van der Waals surface area contributed by atoms with Gasteiger partial charge in [0.15, 0.2) is 0 Å². The second-order valence-electron chi connectivity index (χ2n) is 3.47. The quantitative estimate of drug-likeness (QED) is 0.922. The number of thiophene rings is 1. The number of nitrogens with zero attached hydrogens (tertiary/aromatic N) is 2. The van der Waals surface area contributed by atoms with Gasteiger partial charge < -0.3 is 5.73 Å². The Bertz CT molecular complexity index is 475. The van der Waals surface area contributed by atoms with Crippen molar-refractivity contribution in [1.82, 2.24) is 9.78 Å². The van der Waals surface area contributed by atoms with Crippen LogP contribution in [0.3, 0.4) is 0 Å². The molecule has 0 aliphatic carbocycles. The highest BCUT2D eigenvalue weighted by molar-refractivity contribution is 7.10. The van der Waals surface area contributed by atoms with Gasteiger partial charge in [0.25, 0.3) is 0 Å². The number of hydrogen-bond donors (Lipinski definition) is 1. The maximum Gasteiger partial charge on any atom is 0.419 e. The molecule has 2 aromatic heterocycles. The van der Waals surface area contributed by atoms with Crippen molar-refractivity contribution in [2.24, 2.45) is 5.73 Å². The summed E-state index contributed by atoms with van der Waals surface area (Å²) in [5, 5.41) is 5.59. The summed E-state index contributed by atoms with van der Waals surface area (Å²) in [4.78, 5) is 0.893. The molecule has 2 heterocycles. The van der Waals surface area contributed by atoms with Gasteiger partial charge in [-0.15, -0.1) is 11.3 Å². The van der Waals surface area contributed by atoms with Crippen molar-refractivity contribution in [2.45, 2.75) is 12.2 Å². The van der Waals surface area contributed by atoms with E-state index in [0.717, 1.165) is 17.3 Å². The highest BCUT2D eigenvalue weighted by Crippen LogP contribution is 2.30. The van der Waals surface area contributed by atoms with Gasteiger partial charge in [-0.1, -0.05) is 6.07 Å². The predicted molar refractivity (Wildman–Crippen MR) is 58.7 cm³/mol. The summed E-state index contributed by atoms with van der Waals surface area (Å²) in [6.07, 6.45) is -2.57. The zero-order valence-corrected chi connectivity index (χ0v) is 9.50. The van der Waals surface area contributed by atoms with Crippen molar-refractivity contribution in [1.29, 1.82) is 0 Å². The molecule has 3 nitrogen and oxygen atoms in total. The van der Waals surface area contributed by atoms with Crippen LogP contribution in [0.15, 0.2) is 29.9 Å². The van der Waals surface area contributed by atoms with Crippen LogP contribution in [0.2, 0.25) is 0 Å². The lowest BCUT2D eigenvalue weighted by Crippen LogP contribution is -2.20. The molecule has 2 rings (SSSR count). The zero-order chi connectivity index (χ0) is 12.5. The number of alkyl halides is 3. The Morgan fingerprint density at radius 2 is 2.24 bits per heavy atom. The Hall–Kier alpha value is -1.34. The SMILES string of the molecule is NCC(c1cccs1)n1cc(C(F)(F)F)cn1. The first-order valence-corrected chi connectivity index (χ1v) is 5.75. The molecule has 0 saturated heterocycles. The summed E-state index contributed by atoms with van der Waals surface area (Å²) in [5.74, 6) is 0. The Morgan fingerprint density at radius 1 is 1.47 bits per heavy atom. The molecule has 0 aromatic carbocycles. The zero-order valence-electron chi connectivity index (χ0n) is 8.69. The monoisotopic (exact) mass is 261 g/mol. The van der Waals surface area contributed by atoms with E-state index in [1.165, 1.54) is 16.0 Å². The molecule has 92 valence electrons. The van der Waals surface area contributed by atoms with Crippen LogP contribution < -0.4 is 5.73 Å². The van der Waals surface area contributed by atoms with Gasteiger partial charge in [-0.25, -0.2) is 0 Å². The first-order valence-electron chi connectivity index (χ1n) is 4.87. The van der Waals surface area contributed by atoms with Crippen LogP contribution in [-0.4, -0.2) is 16.3 Å². The molecular weight excluding hydrogens is 251 g/mol. The Balaban J connectivity index is 2.30. The van der Waals surface area contributed by atoms with Crippen LogP contribution in [0.4, 0.5) is 13.2 Å². The van der Waals surface area contributed by atoms with E-state index < -0.39 is 11.7 Å². The second-order valence-corrected chi connectivity index (χ2v) is 4.45. The molecule has 2 N–H and O–H groups in total. The molecule has 0 fully saturated rings. The molecule has 1 atom stereocenters. The van der Waals surface area contributed by atoms with E-state index in [1.807, 2.05) is 17.5 Å². The fourth-order valence-corrected chi connectivity index (χ4v) is 2.32. The third-order valence-corrected chi connectivity index (χ3v) is 3.32. The van der Waals surface area contributed by atoms with Gasteiger partial charge in [-0.2, -0.15) is 18.3 Å². The highest BCUT2D eigenvalue weighted by atomic mass is 32.1. The number of aromatic nitrogens is 2. The second kappa shape index (κ2) is 4.50. The molecule has 0 radical (unpaired) electrons. The summed E-state index contributed by atoms with van der Waals surface area (Å²) in [6, 6.07) is 3.32. The van der Waals surface area contributed by atoms with Gasteiger partial charge >= 0.3 is 6.18 Å². The van der Waals surface area contributed by atoms with E-state index in [0.29, 0.717) is 0 Å². The molecule has 17 heavy (non-hydrogen) atoms. The fourth-order valence-electron chi connectivity index (χ4n) is 1.49. The molecule has 0 bridgehead atoms.